The number of hydrogen-bond acceptors (Lipinski definition) is 4. The summed E-state index contributed by atoms with van der Waals surface area (Å²) in [4.78, 5) is 0. The van der Waals surface area contributed by atoms with Crippen LogP contribution in [-0.2, 0) is 6.42 Å². The van der Waals surface area contributed by atoms with Crippen LogP contribution in [0.4, 0.5) is 0 Å². The molecule has 110 valence electrons. The van der Waals surface area contributed by atoms with E-state index < -0.39 is 0 Å². The van der Waals surface area contributed by atoms with Gasteiger partial charge in [-0.1, -0.05) is 30.3 Å². The van der Waals surface area contributed by atoms with E-state index in [4.69, 9.17) is 15.3 Å². The fourth-order valence-corrected chi connectivity index (χ4v) is 3.18. The molecule has 1 aliphatic rings. The van der Waals surface area contributed by atoms with Crippen LogP contribution in [0.1, 0.15) is 28.7 Å². The summed E-state index contributed by atoms with van der Waals surface area (Å²) in [6, 6.07) is 14.2. The molecule has 0 aromatic heterocycles. The zero-order chi connectivity index (χ0) is 14.8. The average Bonchev–Trinajstić information content (AvgIpc) is 2.52. The third-order valence-corrected chi connectivity index (χ3v) is 4.25. The summed E-state index contributed by atoms with van der Waals surface area (Å²) >= 11 is 0. The molecular formula is C17H20N2O2. The minimum absolute atomic E-state index is 0.0361. The van der Waals surface area contributed by atoms with Crippen LogP contribution in [0.5, 0.6) is 11.5 Å². The Morgan fingerprint density at radius 3 is 2.29 bits per heavy atom. The zero-order valence-electron chi connectivity index (χ0n) is 12.3. The minimum Gasteiger partial charge on any atom is -0.496 e. The van der Waals surface area contributed by atoms with Crippen LogP contribution in [0.2, 0.25) is 0 Å². The largest absolute Gasteiger partial charge is 0.496 e. The summed E-state index contributed by atoms with van der Waals surface area (Å²) in [5.74, 6) is 7.77. The van der Waals surface area contributed by atoms with Crippen LogP contribution in [-0.4, -0.2) is 14.2 Å². The molecule has 0 heterocycles. The van der Waals surface area contributed by atoms with Gasteiger partial charge >= 0.3 is 0 Å². The molecular weight excluding hydrogens is 264 g/mol. The predicted molar refractivity (Wildman–Crippen MR) is 82.5 cm³/mol. The molecule has 2 aromatic carbocycles. The Balaban J connectivity index is 2.02. The Morgan fingerprint density at radius 2 is 1.71 bits per heavy atom. The summed E-state index contributed by atoms with van der Waals surface area (Å²) in [6.45, 7) is 0. The van der Waals surface area contributed by atoms with Gasteiger partial charge in [-0.3, -0.25) is 11.3 Å². The molecule has 0 fully saturated rings. The van der Waals surface area contributed by atoms with E-state index in [-0.39, 0.29) is 6.04 Å². The molecule has 3 N–H and O–H groups in total. The molecule has 21 heavy (non-hydrogen) atoms. The molecule has 0 spiro atoms. The third-order valence-electron chi connectivity index (χ3n) is 4.25. The Labute approximate surface area is 124 Å². The van der Waals surface area contributed by atoms with E-state index in [9.17, 15) is 0 Å². The highest BCUT2D eigenvalue weighted by Crippen LogP contribution is 2.47. The Hall–Kier alpha value is -2.04. The maximum absolute atomic E-state index is 5.86. The lowest BCUT2D eigenvalue weighted by molar-refractivity contribution is 0.347. The first-order chi connectivity index (χ1) is 10.3. The molecule has 3 rings (SSSR count). The molecule has 2 aromatic rings. The topological polar surface area (TPSA) is 56.5 Å². The van der Waals surface area contributed by atoms with Crippen LogP contribution in [0.3, 0.4) is 0 Å². The molecule has 4 heteroatoms. The van der Waals surface area contributed by atoms with E-state index >= 15 is 0 Å². The monoisotopic (exact) mass is 284 g/mol. The van der Waals surface area contributed by atoms with Crippen LogP contribution >= 0.6 is 0 Å². The van der Waals surface area contributed by atoms with Gasteiger partial charge in [-0.25, -0.2) is 0 Å². The van der Waals surface area contributed by atoms with Crippen molar-refractivity contribution in [2.24, 2.45) is 5.84 Å². The fourth-order valence-electron chi connectivity index (χ4n) is 3.18. The molecule has 0 saturated carbocycles. The minimum atomic E-state index is -0.0361. The summed E-state index contributed by atoms with van der Waals surface area (Å²) in [5.41, 5.74) is 6.65. The fraction of sp³-hybridized carbons (Fsp3) is 0.294. The number of hydrogen-bond donors (Lipinski definition) is 2. The van der Waals surface area contributed by atoms with Crippen molar-refractivity contribution in [3.63, 3.8) is 0 Å². The second-order valence-electron chi connectivity index (χ2n) is 5.23. The van der Waals surface area contributed by atoms with Crippen molar-refractivity contribution < 1.29 is 9.47 Å². The van der Waals surface area contributed by atoms with E-state index in [1.165, 1.54) is 11.1 Å². The number of ether oxygens (including phenoxy) is 2. The predicted octanol–water partition coefficient (Wildman–Crippen LogP) is 2.55. The second kappa shape index (κ2) is 5.76. The maximum atomic E-state index is 5.86. The number of benzene rings is 2. The molecule has 0 amide bonds. The van der Waals surface area contributed by atoms with Crippen molar-refractivity contribution in [3.8, 4) is 11.5 Å². The lowest BCUT2D eigenvalue weighted by Crippen LogP contribution is -2.37. The van der Waals surface area contributed by atoms with E-state index in [0.717, 1.165) is 23.5 Å². The first-order valence-corrected chi connectivity index (χ1v) is 7.05. The number of nitrogens with two attached hydrogens (primary N) is 1. The van der Waals surface area contributed by atoms with Gasteiger partial charge < -0.3 is 9.47 Å². The first-order valence-electron chi connectivity index (χ1n) is 7.05. The van der Waals surface area contributed by atoms with Crippen LogP contribution < -0.4 is 20.7 Å². The Bertz CT molecular complexity index is 620. The van der Waals surface area contributed by atoms with E-state index in [1.54, 1.807) is 14.2 Å². The lowest BCUT2D eigenvalue weighted by Gasteiger charge is -2.37. The zero-order valence-corrected chi connectivity index (χ0v) is 12.3. The molecule has 0 radical (unpaired) electrons. The number of rotatable bonds is 5. The smallest absolute Gasteiger partial charge is 0.127 e. The highest BCUT2D eigenvalue weighted by molar-refractivity contribution is 5.51. The van der Waals surface area contributed by atoms with Crippen molar-refractivity contribution in [2.75, 3.05) is 14.2 Å². The van der Waals surface area contributed by atoms with Crippen LogP contribution in [0, 0.1) is 0 Å². The highest BCUT2D eigenvalue weighted by atomic mass is 16.5. The molecule has 4 nitrogen and oxygen atoms in total. The molecule has 2 atom stereocenters. The average molecular weight is 284 g/mol. The van der Waals surface area contributed by atoms with Gasteiger partial charge in [-0.15, -0.1) is 0 Å². The Kier molecular flexibility index (Phi) is 3.82. The van der Waals surface area contributed by atoms with Crippen molar-refractivity contribution >= 4 is 0 Å². The van der Waals surface area contributed by atoms with Gasteiger partial charge in [0.15, 0.2) is 0 Å². The van der Waals surface area contributed by atoms with Crippen LogP contribution in [0.25, 0.3) is 0 Å². The standard InChI is InChI=1S/C17H20N2O2/c1-20-14-8-5-9-15(21-2)16(14)17(19-18)13-10-11-6-3-4-7-12(11)13/h3-9,13,17,19H,10,18H2,1-2H3. The normalized spacial score (nSPS) is 17.6. The summed E-state index contributed by atoms with van der Waals surface area (Å²) in [7, 11) is 3.33. The van der Waals surface area contributed by atoms with Gasteiger partial charge in [0.2, 0.25) is 0 Å². The SMILES string of the molecule is COc1cccc(OC)c1C(NN)C1Cc2ccccc21. The summed E-state index contributed by atoms with van der Waals surface area (Å²) < 4.78 is 11.0. The summed E-state index contributed by atoms with van der Waals surface area (Å²) in [6.07, 6.45) is 1.01. The molecule has 0 aliphatic heterocycles. The number of fused-ring (bicyclic) bond motifs is 1. The third kappa shape index (κ3) is 2.26. The molecule has 0 saturated heterocycles. The van der Waals surface area contributed by atoms with E-state index in [2.05, 4.69) is 29.7 Å². The molecule has 1 aliphatic carbocycles. The van der Waals surface area contributed by atoms with Crippen molar-refractivity contribution in [1.29, 1.82) is 0 Å². The van der Waals surface area contributed by atoms with Crippen molar-refractivity contribution in [2.45, 2.75) is 18.4 Å². The van der Waals surface area contributed by atoms with Crippen molar-refractivity contribution in [3.05, 3.63) is 59.2 Å². The van der Waals surface area contributed by atoms with Gasteiger partial charge in [-0.05, 0) is 29.7 Å². The maximum Gasteiger partial charge on any atom is 0.127 e. The lowest BCUT2D eigenvalue weighted by atomic mass is 9.71. The highest BCUT2D eigenvalue weighted by Gasteiger charge is 2.36. The first kappa shape index (κ1) is 13.9. The van der Waals surface area contributed by atoms with Gasteiger partial charge in [0.1, 0.15) is 11.5 Å². The number of methoxy groups -OCH3 is 2. The number of nitrogens with one attached hydrogen (secondary N) is 1. The van der Waals surface area contributed by atoms with Gasteiger partial charge in [0.25, 0.3) is 0 Å². The quantitative estimate of drug-likeness (QED) is 0.654. The summed E-state index contributed by atoms with van der Waals surface area (Å²) in [5, 5.41) is 0. The van der Waals surface area contributed by atoms with Crippen molar-refractivity contribution in [1.82, 2.24) is 5.43 Å². The van der Waals surface area contributed by atoms with Gasteiger partial charge in [0.05, 0.1) is 25.8 Å². The second-order valence-corrected chi connectivity index (χ2v) is 5.23. The van der Waals surface area contributed by atoms with Gasteiger partial charge in [-0.2, -0.15) is 0 Å². The number of hydrazine groups is 1. The van der Waals surface area contributed by atoms with Gasteiger partial charge in [0, 0.05) is 5.92 Å². The van der Waals surface area contributed by atoms with Crippen LogP contribution in [0.15, 0.2) is 42.5 Å². The van der Waals surface area contributed by atoms with E-state index in [1.807, 2.05) is 18.2 Å². The van der Waals surface area contributed by atoms with E-state index in [0.29, 0.717) is 5.92 Å². The molecule has 0 bridgehead atoms. The Morgan fingerprint density at radius 1 is 1.05 bits per heavy atom. The molecule has 2 unspecified atom stereocenters.